The molecule has 240 valence electrons. The van der Waals surface area contributed by atoms with Gasteiger partial charge in [0.25, 0.3) is 0 Å². The molecule has 0 bridgehead atoms. The van der Waals surface area contributed by atoms with Crippen molar-refractivity contribution < 1.29 is 0 Å². The monoisotopic (exact) mass is 643 g/mol. The molecule has 6 aromatic carbocycles. The van der Waals surface area contributed by atoms with Crippen molar-refractivity contribution in [3.8, 4) is 27.9 Å². The van der Waals surface area contributed by atoms with Crippen LogP contribution >= 0.6 is 0 Å². The Morgan fingerprint density at radius 2 is 1.20 bits per heavy atom. The van der Waals surface area contributed by atoms with E-state index >= 15 is 0 Å². The second kappa shape index (κ2) is 12.4. The summed E-state index contributed by atoms with van der Waals surface area (Å²) in [6, 6.07) is 52.4. The Morgan fingerprint density at radius 1 is 0.580 bits per heavy atom. The molecule has 0 N–H and O–H groups in total. The van der Waals surface area contributed by atoms with Crippen molar-refractivity contribution in [1.82, 2.24) is 9.13 Å². The van der Waals surface area contributed by atoms with Gasteiger partial charge in [-0.3, -0.25) is 4.57 Å². The molecule has 2 aromatic heterocycles. The maximum absolute atomic E-state index is 5.55. The van der Waals surface area contributed by atoms with Crippen molar-refractivity contribution in [2.75, 3.05) is 0 Å². The van der Waals surface area contributed by atoms with E-state index in [9.17, 15) is 0 Å². The lowest BCUT2D eigenvalue weighted by Crippen LogP contribution is -2.09. The molecule has 3 heteroatoms. The summed E-state index contributed by atoms with van der Waals surface area (Å²) < 4.78 is 4.82. The summed E-state index contributed by atoms with van der Waals surface area (Å²) in [5, 5.41) is 3.75. The van der Waals surface area contributed by atoms with Crippen molar-refractivity contribution in [1.29, 1.82) is 0 Å². The number of fused-ring (bicyclic) bond motifs is 5. The Balaban J connectivity index is 1.29. The molecule has 0 amide bonds. The standard InChI is InChI=1S/C47H37N3/c1-3-16-42-32(2)39-27-28-44-46(40-23-13-14-25-43(40)49(44)38-21-11-6-12-22-38)47(39)50(42)45-26-15-24-41(48-45)37-30-35(33-17-7-4-8-18-33)29-36(31-37)34-19-9-5-10-20-34/h3-14,16-23,25-31H,15,24H2,1-2H3/b16-3-. The Bertz CT molecular complexity index is 2580. The lowest BCUT2D eigenvalue weighted by atomic mass is 9.93. The van der Waals surface area contributed by atoms with Gasteiger partial charge in [0.2, 0.25) is 0 Å². The average molecular weight is 644 g/mol. The number of rotatable bonds is 6. The van der Waals surface area contributed by atoms with E-state index in [-0.39, 0.29) is 0 Å². The van der Waals surface area contributed by atoms with Crippen LogP contribution in [0.4, 0.5) is 0 Å². The Hall–Kier alpha value is -6.19. The van der Waals surface area contributed by atoms with Crippen molar-refractivity contribution in [2.45, 2.75) is 26.7 Å². The highest BCUT2D eigenvalue weighted by Crippen LogP contribution is 2.42. The molecule has 0 unspecified atom stereocenters. The number of para-hydroxylation sites is 2. The summed E-state index contributed by atoms with van der Waals surface area (Å²) in [4.78, 5) is 5.55. The molecule has 50 heavy (non-hydrogen) atoms. The van der Waals surface area contributed by atoms with E-state index in [0.717, 1.165) is 30.1 Å². The number of benzene rings is 6. The smallest absolute Gasteiger partial charge is 0.133 e. The van der Waals surface area contributed by atoms with Crippen LogP contribution in [0.25, 0.3) is 72.5 Å². The molecule has 0 saturated heterocycles. The van der Waals surface area contributed by atoms with Crippen LogP contribution in [-0.4, -0.2) is 14.8 Å². The fraction of sp³-hybridized carbons (Fsp3) is 0.0851. The average Bonchev–Trinajstić information content (AvgIpc) is 3.67. The van der Waals surface area contributed by atoms with E-state index in [1.165, 1.54) is 71.8 Å². The fourth-order valence-electron chi connectivity index (χ4n) is 7.77. The van der Waals surface area contributed by atoms with Crippen molar-refractivity contribution in [3.05, 3.63) is 175 Å². The largest absolute Gasteiger partial charge is 0.309 e. The van der Waals surface area contributed by atoms with Gasteiger partial charge in [-0.15, -0.1) is 0 Å². The van der Waals surface area contributed by atoms with Gasteiger partial charge in [0.15, 0.2) is 0 Å². The van der Waals surface area contributed by atoms with Gasteiger partial charge in [-0.05, 0) is 115 Å². The van der Waals surface area contributed by atoms with E-state index in [1.807, 2.05) is 0 Å². The normalized spacial score (nSPS) is 13.4. The minimum absolute atomic E-state index is 0.885. The first-order valence-electron chi connectivity index (χ1n) is 17.5. The van der Waals surface area contributed by atoms with Crippen LogP contribution in [0.1, 0.15) is 36.6 Å². The molecule has 0 fully saturated rings. The Labute approximate surface area is 292 Å². The molecular weight excluding hydrogens is 607 g/mol. The lowest BCUT2D eigenvalue weighted by Gasteiger charge is -2.19. The zero-order valence-corrected chi connectivity index (χ0v) is 28.3. The summed E-state index contributed by atoms with van der Waals surface area (Å²) in [7, 11) is 0. The minimum atomic E-state index is 0.885. The highest BCUT2D eigenvalue weighted by atomic mass is 15.1. The molecule has 0 radical (unpaired) electrons. The van der Waals surface area contributed by atoms with E-state index in [4.69, 9.17) is 4.99 Å². The van der Waals surface area contributed by atoms with Crippen molar-refractivity contribution >= 4 is 50.3 Å². The molecular formula is C47H37N3. The number of aromatic nitrogens is 2. The highest BCUT2D eigenvalue weighted by Gasteiger charge is 2.24. The van der Waals surface area contributed by atoms with Gasteiger partial charge in [-0.2, -0.15) is 0 Å². The van der Waals surface area contributed by atoms with E-state index in [0.29, 0.717) is 0 Å². The topological polar surface area (TPSA) is 22.2 Å². The van der Waals surface area contributed by atoms with Crippen LogP contribution in [0.3, 0.4) is 0 Å². The number of nitrogens with zero attached hydrogens (tertiary/aromatic N) is 3. The summed E-state index contributed by atoms with van der Waals surface area (Å²) in [5.74, 6) is 0.980. The Kier molecular flexibility index (Phi) is 7.39. The van der Waals surface area contributed by atoms with Crippen molar-refractivity contribution in [3.63, 3.8) is 0 Å². The number of aryl methyl sites for hydroxylation is 1. The molecule has 3 nitrogen and oxygen atoms in total. The van der Waals surface area contributed by atoms with Crippen LogP contribution in [0.15, 0.2) is 163 Å². The third kappa shape index (κ3) is 4.93. The van der Waals surface area contributed by atoms with Crippen LogP contribution < -0.4 is 0 Å². The van der Waals surface area contributed by atoms with E-state index in [2.05, 4.69) is 187 Å². The van der Waals surface area contributed by atoms with Crippen LogP contribution in [0.5, 0.6) is 0 Å². The SMILES string of the molecule is C/C=C\c1c(C)c2ccc3c(c4ccccc4n3-c3ccccc3)c2n1C1=CCCC(c2cc(-c3ccccc3)cc(-c3ccccc3)c2)=N1. The molecule has 1 aliphatic heterocycles. The second-order valence-electron chi connectivity index (χ2n) is 13.1. The molecule has 0 atom stereocenters. The van der Waals surface area contributed by atoms with Gasteiger partial charge in [0, 0.05) is 21.8 Å². The fourth-order valence-corrected chi connectivity index (χ4v) is 7.77. The molecule has 0 saturated carbocycles. The third-order valence-corrected chi connectivity index (χ3v) is 10.1. The molecule has 8 aromatic rings. The highest BCUT2D eigenvalue weighted by molar-refractivity contribution is 6.22. The maximum atomic E-state index is 5.55. The zero-order valence-electron chi connectivity index (χ0n) is 28.3. The van der Waals surface area contributed by atoms with E-state index < -0.39 is 0 Å². The van der Waals surface area contributed by atoms with E-state index in [1.54, 1.807) is 0 Å². The second-order valence-corrected chi connectivity index (χ2v) is 13.1. The van der Waals surface area contributed by atoms with Gasteiger partial charge < -0.3 is 4.57 Å². The van der Waals surface area contributed by atoms with Gasteiger partial charge in [0.05, 0.1) is 28.0 Å². The summed E-state index contributed by atoms with van der Waals surface area (Å²) in [6.45, 7) is 4.35. The first kappa shape index (κ1) is 29.9. The van der Waals surface area contributed by atoms with Gasteiger partial charge in [-0.25, -0.2) is 4.99 Å². The quantitative estimate of drug-likeness (QED) is 0.172. The van der Waals surface area contributed by atoms with Gasteiger partial charge in [-0.1, -0.05) is 109 Å². The molecule has 3 heterocycles. The summed E-state index contributed by atoms with van der Waals surface area (Å²) in [5.41, 5.74) is 14.3. The molecule has 0 spiro atoms. The van der Waals surface area contributed by atoms with Crippen LogP contribution in [0, 0.1) is 6.92 Å². The number of hydrogen-bond acceptors (Lipinski definition) is 1. The third-order valence-electron chi connectivity index (χ3n) is 10.1. The first-order chi connectivity index (χ1) is 24.7. The Morgan fingerprint density at radius 3 is 1.88 bits per heavy atom. The predicted molar refractivity (Wildman–Crippen MR) is 213 cm³/mol. The molecule has 0 aliphatic carbocycles. The number of hydrogen-bond donors (Lipinski definition) is 0. The summed E-state index contributed by atoms with van der Waals surface area (Å²) in [6.07, 6.45) is 8.51. The van der Waals surface area contributed by atoms with Crippen LogP contribution in [0.2, 0.25) is 0 Å². The minimum Gasteiger partial charge on any atom is -0.309 e. The van der Waals surface area contributed by atoms with Crippen molar-refractivity contribution in [2.24, 2.45) is 4.99 Å². The maximum Gasteiger partial charge on any atom is 0.133 e. The summed E-state index contributed by atoms with van der Waals surface area (Å²) >= 11 is 0. The lowest BCUT2D eigenvalue weighted by molar-refractivity contribution is 1.00. The zero-order chi connectivity index (χ0) is 33.6. The van der Waals surface area contributed by atoms with Crippen LogP contribution in [-0.2, 0) is 0 Å². The number of aliphatic imine (C=N–C) groups is 1. The molecule has 1 aliphatic rings. The van der Waals surface area contributed by atoms with Gasteiger partial charge >= 0.3 is 0 Å². The molecule has 9 rings (SSSR count). The number of allylic oxidation sites excluding steroid dienone is 2. The first-order valence-corrected chi connectivity index (χ1v) is 17.5. The predicted octanol–water partition coefficient (Wildman–Crippen LogP) is 12.5. The van der Waals surface area contributed by atoms with Gasteiger partial charge in [0.1, 0.15) is 5.82 Å².